The van der Waals surface area contributed by atoms with Gasteiger partial charge in [-0.05, 0) is 28.1 Å². The zero-order valence-electron chi connectivity index (χ0n) is 7.73. The van der Waals surface area contributed by atoms with Crippen molar-refractivity contribution < 1.29 is 4.79 Å². The van der Waals surface area contributed by atoms with Gasteiger partial charge < -0.3 is 0 Å². The quantitative estimate of drug-likeness (QED) is 0.768. The Morgan fingerprint density at radius 1 is 1.71 bits per heavy atom. The number of nitrogens with zero attached hydrogens (tertiary/aromatic N) is 3. The van der Waals surface area contributed by atoms with Crippen molar-refractivity contribution >= 4 is 33.5 Å². The first-order valence-electron chi connectivity index (χ1n) is 4.37. The van der Waals surface area contributed by atoms with Crippen LogP contribution < -0.4 is 0 Å². The number of thioether (sulfide) groups is 1. The van der Waals surface area contributed by atoms with E-state index < -0.39 is 0 Å². The summed E-state index contributed by atoms with van der Waals surface area (Å²) in [5, 5.41) is 7.61. The van der Waals surface area contributed by atoms with Crippen molar-refractivity contribution in [2.75, 3.05) is 11.5 Å². The number of aromatic nitrogens is 3. The predicted octanol–water partition coefficient (Wildman–Crippen LogP) is 1.51. The topological polar surface area (TPSA) is 47.8 Å². The van der Waals surface area contributed by atoms with E-state index in [4.69, 9.17) is 0 Å². The highest BCUT2D eigenvalue weighted by Gasteiger charge is 2.28. The smallest absolute Gasteiger partial charge is 0.187 e. The number of halogens is 1. The molecule has 2 heterocycles. The van der Waals surface area contributed by atoms with E-state index in [-0.39, 0.29) is 11.7 Å². The van der Waals surface area contributed by atoms with E-state index >= 15 is 0 Å². The van der Waals surface area contributed by atoms with E-state index in [0.717, 1.165) is 17.9 Å². The van der Waals surface area contributed by atoms with Crippen LogP contribution in [0.4, 0.5) is 0 Å². The van der Waals surface area contributed by atoms with Crippen LogP contribution in [0.3, 0.4) is 0 Å². The lowest BCUT2D eigenvalue weighted by Crippen LogP contribution is -2.17. The molecule has 1 atom stereocenters. The van der Waals surface area contributed by atoms with Gasteiger partial charge in [-0.1, -0.05) is 5.21 Å². The molecule has 0 N–H and O–H groups in total. The summed E-state index contributed by atoms with van der Waals surface area (Å²) in [4.78, 5) is 12.0. The van der Waals surface area contributed by atoms with Gasteiger partial charge in [-0.2, -0.15) is 11.8 Å². The minimum absolute atomic E-state index is 0.147. The molecule has 0 aliphatic carbocycles. The van der Waals surface area contributed by atoms with Crippen LogP contribution in [0.1, 0.15) is 16.9 Å². The van der Waals surface area contributed by atoms with Gasteiger partial charge in [0.25, 0.3) is 0 Å². The molecule has 2 rings (SSSR count). The second kappa shape index (κ2) is 4.02. The predicted molar refractivity (Wildman–Crippen MR) is 58.5 cm³/mol. The minimum Gasteiger partial charge on any atom is -0.292 e. The van der Waals surface area contributed by atoms with E-state index in [1.54, 1.807) is 7.05 Å². The number of hydrogen-bond acceptors (Lipinski definition) is 4. The molecule has 0 aromatic carbocycles. The minimum atomic E-state index is 0.147. The number of aryl methyl sites for hydroxylation is 1. The maximum absolute atomic E-state index is 12.0. The molecule has 1 saturated heterocycles. The van der Waals surface area contributed by atoms with Crippen molar-refractivity contribution in [2.45, 2.75) is 6.42 Å². The van der Waals surface area contributed by atoms with Gasteiger partial charge in [0, 0.05) is 18.7 Å². The summed E-state index contributed by atoms with van der Waals surface area (Å²) < 4.78 is 2.09. The zero-order valence-corrected chi connectivity index (χ0v) is 10.1. The fourth-order valence-electron chi connectivity index (χ4n) is 1.53. The second-order valence-corrected chi connectivity index (χ2v) is 5.18. The SMILES string of the molecule is Cn1nnc(Br)c1C(=O)C1CCSC1. The molecule has 1 unspecified atom stereocenters. The van der Waals surface area contributed by atoms with E-state index in [1.165, 1.54) is 4.68 Å². The Hall–Kier alpha value is -0.360. The highest BCUT2D eigenvalue weighted by atomic mass is 79.9. The average molecular weight is 276 g/mol. The molecule has 0 amide bonds. The summed E-state index contributed by atoms with van der Waals surface area (Å²) in [5.74, 6) is 2.32. The monoisotopic (exact) mass is 275 g/mol. The highest BCUT2D eigenvalue weighted by Crippen LogP contribution is 2.28. The molecule has 0 bridgehead atoms. The molecule has 0 spiro atoms. The van der Waals surface area contributed by atoms with Crippen LogP contribution in [0.5, 0.6) is 0 Å². The Kier molecular flexibility index (Phi) is 2.92. The van der Waals surface area contributed by atoms with E-state index in [1.807, 2.05) is 11.8 Å². The Balaban J connectivity index is 2.25. The number of ketones is 1. The Morgan fingerprint density at radius 2 is 2.50 bits per heavy atom. The molecule has 76 valence electrons. The summed E-state index contributed by atoms with van der Waals surface area (Å²) in [7, 11) is 1.74. The molecule has 1 aliphatic heterocycles. The molecule has 6 heteroatoms. The van der Waals surface area contributed by atoms with Gasteiger partial charge in [-0.3, -0.25) is 4.79 Å². The summed E-state index contributed by atoms with van der Waals surface area (Å²) in [6.45, 7) is 0. The summed E-state index contributed by atoms with van der Waals surface area (Å²) >= 11 is 5.08. The van der Waals surface area contributed by atoms with Gasteiger partial charge >= 0.3 is 0 Å². The van der Waals surface area contributed by atoms with Gasteiger partial charge in [0.1, 0.15) is 5.69 Å². The fraction of sp³-hybridized carbons (Fsp3) is 0.625. The molecule has 0 saturated carbocycles. The third-order valence-electron chi connectivity index (χ3n) is 2.32. The number of rotatable bonds is 2. The van der Waals surface area contributed by atoms with Gasteiger partial charge in [-0.15, -0.1) is 5.10 Å². The van der Waals surface area contributed by atoms with Crippen molar-refractivity contribution in [3.63, 3.8) is 0 Å². The van der Waals surface area contributed by atoms with Crippen LogP contribution in [0.25, 0.3) is 0 Å². The molecule has 14 heavy (non-hydrogen) atoms. The van der Waals surface area contributed by atoms with Crippen LogP contribution in [0, 0.1) is 5.92 Å². The summed E-state index contributed by atoms with van der Waals surface area (Å²) in [6.07, 6.45) is 0.973. The number of Topliss-reactive ketones (excluding diaryl/α,β-unsaturated/α-hetero) is 1. The molecular weight excluding hydrogens is 266 g/mol. The molecule has 0 radical (unpaired) electrons. The molecule has 1 aromatic heterocycles. The van der Waals surface area contributed by atoms with Crippen LogP contribution in [0.2, 0.25) is 0 Å². The maximum Gasteiger partial charge on any atom is 0.187 e. The Morgan fingerprint density at radius 3 is 3.00 bits per heavy atom. The van der Waals surface area contributed by atoms with Gasteiger partial charge in [0.05, 0.1) is 0 Å². The van der Waals surface area contributed by atoms with Crippen molar-refractivity contribution in [1.29, 1.82) is 0 Å². The molecule has 1 fully saturated rings. The largest absolute Gasteiger partial charge is 0.292 e. The first-order valence-corrected chi connectivity index (χ1v) is 6.32. The zero-order chi connectivity index (χ0) is 10.1. The lowest BCUT2D eigenvalue weighted by molar-refractivity contribution is 0.0923. The number of hydrogen-bond donors (Lipinski definition) is 0. The van der Waals surface area contributed by atoms with Crippen molar-refractivity contribution in [2.24, 2.45) is 13.0 Å². The summed E-state index contributed by atoms with van der Waals surface area (Å²) in [5.41, 5.74) is 0.595. The second-order valence-electron chi connectivity index (χ2n) is 3.28. The lowest BCUT2D eigenvalue weighted by atomic mass is 10.0. The van der Waals surface area contributed by atoms with Crippen LogP contribution in [0.15, 0.2) is 4.60 Å². The van der Waals surface area contributed by atoms with Crippen molar-refractivity contribution in [3.8, 4) is 0 Å². The third-order valence-corrected chi connectivity index (χ3v) is 4.02. The van der Waals surface area contributed by atoms with Gasteiger partial charge in [-0.25, -0.2) is 4.68 Å². The highest BCUT2D eigenvalue weighted by molar-refractivity contribution is 9.10. The Labute approximate surface area is 94.6 Å². The van der Waals surface area contributed by atoms with Crippen LogP contribution >= 0.6 is 27.7 Å². The van der Waals surface area contributed by atoms with Crippen LogP contribution in [-0.2, 0) is 7.05 Å². The molecule has 1 aliphatic rings. The van der Waals surface area contributed by atoms with Gasteiger partial charge in [0.2, 0.25) is 0 Å². The van der Waals surface area contributed by atoms with Crippen molar-refractivity contribution in [1.82, 2.24) is 15.0 Å². The number of carbonyl (C=O) groups is 1. The molecule has 4 nitrogen and oxygen atoms in total. The van der Waals surface area contributed by atoms with E-state index in [9.17, 15) is 4.79 Å². The number of carbonyl (C=O) groups excluding carboxylic acids is 1. The molecule has 1 aromatic rings. The average Bonchev–Trinajstić information content (AvgIpc) is 2.75. The standard InChI is InChI=1S/C8H10BrN3OS/c1-12-6(8(9)10-11-12)7(13)5-2-3-14-4-5/h5H,2-4H2,1H3. The Bertz CT molecular complexity index is 340. The normalized spacial score (nSPS) is 21.4. The summed E-state index contributed by atoms with van der Waals surface area (Å²) in [6, 6.07) is 0. The first kappa shape index (κ1) is 10.2. The molecular formula is C8H10BrN3OS. The maximum atomic E-state index is 12.0. The third kappa shape index (κ3) is 1.72. The van der Waals surface area contributed by atoms with Crippen LogP contribution in [-0.4, -0.2) is 32.3 Å². The van der Waals surface area contributed by atoms with Crippen molar-refractivity contribution in [3.05, 3.63) is 10.3 Å². The fourth-order valence-corrected chi connectivity index (χ4v) is 3.27. The first-order chi connectivity index (χ1) is 6.70. The van der Waals surface area contributed by atoms with E-state index in [2.05, 4.69) is 26.2 Å². The van der Waals surface area contributed by atoms with E-state index in [0.29, 0.717) is 10.3 Å². The lowest BCUT2D eigenvalue weighted by Gasteiger charge is -2.06. The van der Waals surface area contributed by atoms with Gasteiger partial charge in [0.15, 0.2) is 10.4 Å².